The second-order valence-corrected chi connectivity index (χ2v) is 6.95. The number of carbonyl (C=O) groups is 2. The summed E-state index contributed by atoms with van der Waals surface area (Å²) in [5.41, 5.74) is 1.89. The molecule has 1 spiro atoms. The number of carbonyl (C=O) groups excluding carboxylic acids is 2. The van der Waals surface area contributed by atoms with Gasteiger partial charge in [-0.05, 0) is 43.5 Å². The standard InChI is InChI=1S/C18H25N3O2/c1-14(22)19-16-6-4-15(5-7-16)12-21-11-9-18(13-21)8-3-10-20(2)17(18)23/h4-7H,3,8-13H2,1-2H3,(H,19,22)/t18-/m1/s1. The SMILES string of the molecule is CC(=O)Nc1ccc(CN2CC[C@]3(CCCN(C)C3=O)C2)cc1. The lowest BCUT2D eigenvalue weighted by Crippen LogP contribution is -2.48. The summed E-state index contributed by atoms with van der Waals surface area (Å²) >= 11 is 0. The van der Waals surface area contributed by atoms with Gasteiger partial charge in [0, 0.05) is 39.3 Å². The van der Waals surface area contributed by atoms with Crippen LogP contribution in [-0.2, 0) is 16.1 Å². The van der Waals surface area contributed by atoms with Crippen LogP contribution >= 0.6 is 0 Å². The minimum Gasteiger partial charge on any atom is -0.345 e. The molecule has 124 valence electrons. The van der Waals surface area contributed by atoms with Crippen LogP contribution in [0.25, 0.3) is 0 Å². The Bertz CT molecular complexity index is 599. The van der Waals surface area contributed by atoms with Gasteiger partial charge in [0.2, 0.25) is 11.8 Å². The average molecular weight is 315 g/mol. The molecule has 2 fully saturated rings. The molecule has 5 heteroatoms. The lowest BCUT2D eigenvalue weighted by molar-refractivity contribution is -0.144. The van der Waals surface area contributed by atoms with E-state index in [0.717, 1.165) is 51.1 Å². The molecule has 0 saturated carbocycles. The first kappa shape index (κ1) is 16.0. The van der Waals surface area contributed by atoms with Crippen LogP contribution in [0.3, 0.4) is 0 Å². The highest BCUT2D eigenvalue weighted by atomic mass is 16.2. The zero-order chi connectivity index (χ0) is 16.4. The van der Waals surface area contributed by atoms with E-state index in [0.29, 0.717) is 5.91 Å². The molecule has 2 heterocycles. The molecule has 0 radical (unpaired) electrons. The number of amides is 2. The summed E-state index contributed by atoms with van der Waals surface area (Å²) < 4.78 is 0. The first-order valence-corrected chi connectivity index (χ1v) is 8.33. The fourth-order valence-electron chi connectivity index (χ4n) is 3.89. The fourth-order valence-corrected chi connectivity index (χ4v) is 3.89. The van der Waals surface area contributed by atoms with Gasteiger partial charge in [-0.2, -0.15) is 0 Å². The van der Waals surface area contributed by atoms with Gasteiger partial charge < -0.3 is 10.2 Å². The number of hydrogen-bond donors (Lipinski definition) is 1. The molecule has 5 nitrogen and oxygen atoms in total. The maximum absolute atomic E-state index is 12.6. The first-order valence-electron chi connectivity index (χ1n) is 8.33. The largest absolute Gasteiger partial charge is 0.345 e. The van der Waals surface area contributed by atoms with E-state index in [2.05, 4.69) is 10.2 Å². The summed E-state index contributed by atoms with van der Waals surface area (Å²) in [4.78, 5) is 27.9. The molecule has 2 aliphatic rings. The first-order chi connectivity index (χ1) is 11.0. The van der Waals surface area contributed by atoms with Crippen molar-refractivity contribution in [3.05, 3.63) is 29.8 Å². The van der Waals surface area contributed by atoms with Crippen molar-refractivity contribution in [2.75, 3.05) is 32.0 Å². The van der Waals surface area contributed by atoms with Gasteiger partial charge in [0.25, 0.3) is 0 Å². The van der Waals surface area contributed by atoms with E-state index in [4.69, 9.17) is 0 Å². The molecule has 2 amide bonds. The van der Waals surface area contributed by atoms with Gasteiger partial charge in [0.1, 0.15) is 0 Å². The van der Waals surface area contributed by atoms with Crippen LogP contribution < -0.4 is 5.32 Å². The molecule has 0 bridgehead atoms. The predicted octanol–water partition coefficient (Wildman–Crippen LogP) is 2.09. The topological polar surface area (TPSA) is 52.7 Å². The van der Waals surface area contributed by atoms with Crippen LogP contribution in [0.15, 0.2) is 24.3 Å². The van der Waals surface area contributed by atoms with Gasteiger partial charge in [-0.3, -0.25) is 14.5 Å². The maximum atomic E-state index is 12.6. The van der Waals surface area contributed by atoms with Crippen molar-refractivity contribution in [2.45, 2.75) is 32.7 Å². The third-order valence-electron chi connectivity index (χ3n) is 5.06. The number of piperidine rings is 1. The molecule has 0 aliphatic carbocycles. The van der Waals surface area contributed by atoms with Crippen molar-refractivity contribution in [1.82, 2.24) is 9.80 Å². The van der Waals surface area contributed by atoms with Crippen molar-refractivity contribution in [1.29, 1.82) is 0 Å². The number of likely N-dealkylation sites (tertiary alicyclic amines) is 2. The Morgan fingerprint density at radius 1 is 1.22 bits per heavy atom. The van der Waals surface area contributed by atoms with E-state index in [1.807, 2.05) is 36.2 Å². The zero-order valence-electron chi connectivity index (χ0n) is 14.0. The van der Waals surface area contributed by atoms with Crippen LogP contribution in [0.4, 0.5) is 5.69 Å². The van der Waals surface area contributed by atoms with Crippen molar-refractivity contribution in [2.24, 2.45) is 5.41 Å². The maximum Gasteiger partial charge on any atom is 0.229 e. The van der Waals surface area contributed by atoms with E-state index in [1.165, 1.54) is 12.5 Å². The second-order valence-electron chi connectivity index (χ2n) is 6.95. The van der Waals surface area contributed by atoms with Gasteiger partial charge in [-0.15, -0.1) is 0 Å². The summed E-state index contributed by atoms with van der Waals surface area (Å²) in [7, 11) is 1.92. The summed E-state index contributed by atoms with van der Waals surface area (Å²) in [5, 5.41) is 2.78. The van der Waals surface area contributed by atoms with Gasteiger partial charge in [-0.25, -0.2) is 0 Å². The quantitative estimate of drug-likeness (QED) is 0.929. The minimum absolute atomic E-state index is 0.0563. The molecule has 23 heavy (non-hydrogen) atoms. The van der Waals surface area contributed by atoms with Crippen LogP contribution in [-0.4, -0.2) is 48.3 Å². The van der Waals surface area contributed by atoms with Crippen molar-refractivity contribution in [3.8, 4) is 0 Å². The Hall–Kier alpha value is -1.88. The molecule has 0 unspecified atom stereocenters. The van der Waals surface area contributed by atoms with Gasteiger partial charge in [0.15, 0.2) is 0 Å². The van der Waals surface area contributed by atoms with Crippen molar-refractivity contribution >= 4 is 17.5 Å². The molecule has 1 aromatic carbocycles. The van der Waals surface area contributed by atoms with Crippen molar-refractivity contribution < 1.29 is 9.59 Å². The molecule has 1 atom stereocenters. The molecule has 3 rings (SSSR count). The van der Waals surface area contributed by atoms with E-state index in [-0.39, 0.29) is 11.3 Å². The minimum atomic E-state index is -0.150. The highest BCUT2D eigenvalue weighted by Crippen LogP contribution is 2.40. The Morgan fingerprint density at radius 3 is 2.65 bits per heavy atom. The third-order valence-corrected chi connectivity index (χ3v) is 5.06. The van der Waals surface area contributed by atoms with Crippen LogP contribution in [0.2, 0.25) is 0 Å². The molecular formula is C18H25N3O2. The Morgan fingerprint density at radius 2 is 1.96 bits per heavy atom. The van der Waals surface area contributed by atoms with Gasteiger partial charge in [-0.1, -0.05) is 12.1 Å². The third kappa shape index (κ3) is 3.39. The Labute approximate surface area is 137 Å². The fraction of sp³-hybridized carbons (Fsp3) is 0.556. The molecule has 2 saturated heterocycles. The highest BCUT2D eigenvalue weighted by Gasteiger charge is 2.47. The van der Waals surface area contributed by atoms with Crippen LogP contribution in [0.5, 0.6) is 0 Å². The summed E-state index contributed by atoms with van der Waals surface area (Å²) in [6.45, 7) is 5.11. The van der Waals surface area contributed by atoms with Gasteiger partial charge in [0.05, 0.1) is 5.41 Å². The molecule has 1 aromatic rings. The number of nitrogens with zero attached hydrogens (tertiary/aromatic N) is 2. The average Bonchev–Trinajstić information content (AvgIpc) is 2.90. The van der Waals surface area contributed by atoms with Gasteiger partial charge >= 0.3 is 0 Å². The monoisotopic (exact) mass is 315 g/mol. The molecule has 0 aromatic heterocycles. The Kier molecular flexibility index (Phi) is 4.39. The highest BCUT2D eigenvalue weighted by molar-refractivity contribution is 5.88. The summed E-state index contributed by atoms with van der Waals surface area (Å²) in [6, 6.07) is 7.96. The normalized spacial score (nSPS) is 25.1. The Balaban J connectivity index is 1.61. The predicted molar refractivity (Wildman–Crippen MR) is 89.9 cm³/mol. The van der Waals surface area contributed by atoms with E-state index in [1.54, 1.807) is 0 Å². The molecule has 1 N–H and O–H groups in total. The summed E-state index contributed by atoms with van der Waals surface area (Å²) in [5.74, 6) is 0.270. The molecule has 2 aliphatic heterocycles. The van der Waals surface area contributed by atoms with Crippen LogP contribution in [0.1, 0.15) is 31.7 Å². The number of benzene rings is 1. The van der Waals surface area contributed by atoms with Crippen molar-refractivity contribution in [3.63, 3.8) is 0 Å². The number of nitrogens with one attached hydrogen (secondary N) is 1. The zero-order valence-corrected chi connectivity index (χ0v) is 14.0. The number of hydrogen-bond acceptors (Lipinski definition) is 3. The lowest BCUT2D eigenvalue weighted by Gasteiger charge is -2.37. The van der Waals surface area contributed by atoms with E-state index >= 15 is 0 Å². The van der Waals surface area contributed by atoms with E-state index < -0.39 is 0 Å². The van der Waals surface area contributed by atoms with Crippen LogP contribution in [0, 0.1) is 5.41 Å². The number of rotatable bonds is 3. The van der Waals surface area contributed by atoms with E-state index in [9.17, 15) is 9.59 Å². The smallest absolute Gasteiger partial charge is 0.229 e. The lowest BCUT2D eigenvalue weighted by atomic mass is 9.78. The molecular weight excluding hydrogens is 290 g/mol. The second kappa shape index (κ2) is 6.32. The summed E-state index contributed by atoms with van der Waals surface area (Å²) in [6.07, 6.45) is 3.11. The number of anilines is 1.